The van der Waals surface area contributed by atoms with Crippen molar-refractivity contribution in [2.75, 3.05) is 13.1 Å². The predicted molar refractivity (Wildman–Crippen MR) is 72.6 cm³/mol. The Kier molecular flexibility index (Phi) is 4.72. The molecule has 1 fully saturated rings. The molecule has 0 aromatic heterocycles. The van der Waals surface area contributed by atoms with E-state index in [0.717, 1.165) is 36.7 Å². The fraction of sp³-hybridized carbons (Fsp3) is 0.600. The molecule has 0 spiro atoms. The third-order valence-corrected chi connectivity index (χ3v) is 3.73. The summed E-state index contributed by atoms with van der Waals surface area (Å²) in [5, 5.41) is 0. The molecule has 1 aliphatic rings. The number of nitrogens with zero attached hydrogens (tertiary/aromatic N) is 1. The van der Waals surface area contributed by atoms with E-state index in [9.17, 15) is 4.39 Å². The lowest BCUT2D eigenvalue weighted by Gasteiger charge is -2.16. The predicted octanol–water partition coefficient (Wildman–Crippen LogP) is 2.91. The van der Waals surface area contributed by atoms with Gasteiger partial charge in [-0.1, -0.05) is 19.4 Å². The minimum Gasteiger partial charge on any atom is -0.326 e. The number of likely N-dealkylation sites (tertiary alicyclic amines) is 1. The lowest BCUT2D eigenvalue weighted by Crippen LogP contribution is -2.20. The molecule has 0 radical (unpaired) electrons. The minimum absolute atomic E-state index is 0.169. The molecule has 2 rings (SSSR count). The van der Waals surface area contributed by atoms with Crippen LogP contribution in [0.5, 0.6) is 0 Å². The normalized spacial score (nSPS) is 20.5. The van der Waals surface area contributed by atoms with Gasteiger partial charge in [0.2, 0.25) is 0 Å². The van der Waals surface area contributed by atoms with Gasteiger partial charge in [-0.25, -0.2) is 4.39 Å². The summed E-state index contributed by atoms with van der Waals surface area (Å²) in [4.78, 5) is 2.43. The first-order valence-electron chi connectivity index (χ1n) is 6.92. The van der Waals surface area contributed by atoms with E-state index in [1.54, 1.807) is 6.07 Å². The van der Waals surface area contributed by atoms with E-state index in [4.69, 9.17) is 5.73 Å². The SMILES string of the molecule is CCCC1CCN(Cc2cc(F)cc(CN)c2)C1. The molecular formula is C15H23FN2. The van der Waals surface area contributed by atoms with Gasteiger partial charge in [-0.15, -0.1) is 0 Å². The Labute approximate surface area is 109 Å². The zero-order chi connectivity index (χ0) is 13.0. The van der Waals surface area contributed by atoms with Gasteiger partial charge in [-0.3, -0.25) is 4.90 Å². The van der Waals surface area contributed by atoms with Crippen molar-refractivity contribution in [3.8, 4) is 0 Å². The molecule has 1 atom stereocenters. The number of hydrogen-bond acceptors (Lipinski definition) is 2. The number of nitrogens with two attached hydrogens (primary N) is 1. The van der Waals surface area contributed by atoms with E-state index in [-0.39, 0.29) is 5.82 Å². The molecule has 1 aromatic carbocycles. The van der Waals surface area contributed by atoms with E-state index in [2.05, 4.69) is 11.8 Å². The molecule has 2 nitrogen and oxygen atoms in total. The second-order valence-corrected chi connectivity index (χ2v) is 5.35. The van der Waals surface area contributed by atoms with E-state index in [1.165, 1.54) is 25.3 Å². The third kappa shape index (κ3) is 3.53. The molecule has 1 aromatic rings. The van der Waals surface area contributed by atoms with Crippen molar-refractivity contribution in [3.05, 3.63) is 35.1 Å². The Bertz CT molecular complexity index is 392. The molecule has 1 unspecified atom stereocenters. The van der Waals surface area contributed by atoms with Crippen molar-refractivity contribution in [1.82, 2.24) is 4.90 Å². The van der Waals surface area contributed by atoms with Gasteiger partial charge in [0.05, 0.1) is 0 Å². The summed E-state index contributed by atoms with van der Waals surface area (Å²) >= 11 is 0. The highest BCUT2D eigenvalue weighted by molar-refractivity contribution is 5.24. The molecule has 0 amide bonds. The van der Waals surface area contributed by atoms with Gasteiger partial charge in [0, 0.05) is 19.6 Å². The van der Waals surface area contributed by atoms with E-state index < -0.39 is 0 Å². The quantitative estimate of drug-likeness (QED) is 0.870. The van der Waals surface area contributed by atoms with Gasteiger partial charge in [-0.2, -0.15) is 0 Å². The van der Waals surface area contributed by atoms with Crippen LogP contribution in [0.1, 0.15) is 37.3 Å². The van der Waals surface area contributed by atoms with Crippen LogP contribution in [0.3, 0.4) is 0 Å². The van der Waals surface area contributed by atoms with Gasteiger partial charge >= 0.3 is 0 Å². The molecule has 0 aliphatic carbocycles. The molecule has 0 saturated carbocycles. The minimum atomic E-state index is -0.169. The Morgan fingerprint density at radius 2 is 2.11 bits per heavy atom. The van der Waals surface area contributed by atoms with Crippen LogP contribution in [0.25, 0.3) is 0 Å². The smallest absolute Gasteiger partial charge is 0.123 e. The molecular weight excluding hydrogens is 227 g/mol. The van der Waals surface area contributed by atoms with Crippen molar-refractivity contribution in [2.24, 2.45) is 11.7 Å². The van der Waals surface area contributed by atoms with Crippen molar-refractivity contribution >= 4 is 0 Å². The summed E-state index contributed by atoms with van der Waals surface area (Å²) in [7, 11) is 0. The van der Waals surface area contributed by atoms with E-state index in [0.29, 0.717) is 6.54 Å². The van der Waals surface area contributed by atoms with Gasteiger partial charge in [0.1, 0.15) is 5.82 Å². The first kappa shape index (κ1) is 13.5. The maximum Gasteiger partial charge on any atom is 0.123 e. The number of halogens is 1. The highest BCUT2D eigenvalue weighted by atomic mass is 19.1. The van der Waals surface area contributed by atoms with Crippen LogP contribution >= 0.6 is 0 Å². The zero-order valence-electron chi connectivity index (χ0n) is 11.2. The highest BCUT2D eigenvalue weighted by Crippen LogP contribution is 2.23. The second kappa shape index (κ2) is 6.30. The first-order valence-corrected chi connectivity index (χ1v) is 6.92. The zero-order valence-corrected chi connectivity index (χ0v) is 11.2. The summed E-state index contributed by atoms with van der Waals surface area (Å²) in [5.41, 5.74) is 7.51. The van der Waals surface area contributed by atoms with Crippen molar-refractivity contribution in [1.29, 1.82) is 0 Å². The average Bonchev–Trinajstić information content (AvgIpc) is 2.76. The summed E-state index contributed by atoms with van der Waals surface area (Å²) in [6.45, 7) is 5.79. The standard InChI is InChI=1S/C15H23FN2/c1-2-3-12-4-5-18(10-12)11-14-6-13(9-17)7-15(16)8-14/h6-8,12H,2-5,9-11,17H2,1H3. The van der Waals surface area contributed by atoms with Crippen LogP contribution in [0, 0.1) is 11.7 Å². The van der Waals surface area contributed by atoms with E-state index >= 15 is 0 Å². The molecule has 100 valence electrons. The van der Waals surface area contributed by atoms with Gasteiger partial charge in [-0.05, 0) is 48.6 Å². The summed E-state index contributed by atoms with van der Waals surface area (Å²) in [5.74, 6) is 0.662. The molecule has 1 heterocycles. The van der Waals surface area contributed by atoms with Crippen LogP contribution in [0.2, 0.25) is 0 Å². The van der Waals surface area contributed by atoms with Crippen LogP contribution in [-0.2, 0) is 13.1 Å². The van der Waals surface area contributed by atoms with Crippen LogP contribution in [-0.4, -0.2) is 18.0 Å². The monoisotopic (exact) mass is 250 g/mol. The molecule has 0 bridgehead atoms. The largest absolute Gasteiger partial charge is 0.326 e. The molecule has 2 N–H and O–H groups in total. The van der Waals surface area contributed by atoms with Crippen molar-refractivity contribution in [3.63, 3.8) is 0 Å². The number of benzene rings is 1. The second-order valence-electron chi connectivity index (χ2n) is 5.35. The Hall–Kier alpha value is -0.930. The fourth-order valence-electron chi connectivity index (χ4n) is 2.89. The van der Waals surface area contributed by atoms with E-state index in [1.807, 2.05) is 6.07 Å². The number of hydrogen-bond donors (Lipinski definition) is 1. The Morgan fingerprint density at radius 3 is 2.83 bits per heavy atom. The van der Waals surface area contributed by atoms with Gasteiger partial charge in [0.15, 0.2) is 0 Å². The highest BCUT2D eigenvalue weighted by Gasteiger charge is 2.21. The Balaban J connectivity index is 1.95. The summed E-state index contributed by atoms with van der Waals surface area (Å²) in [6.07, 6.45) is 3.86. The maximum absolute atomic E-state index is 13.4. The topological polar surface area (TPSA) is 29.3 Å². The van der Waals surface area contributed by atoms with Gasteiger partial charge in [0.25, 0.3) is 0 Å². The Morgan fingerprint density at radius 1 is 1.33 bits per heavy atom. The lowest BCUT2D eigenvalue weighted by atomic mass is 10.0. The summed E-state index contributed by atoms with van der Waals surface area (Å²) in [6, 6.07) is 5.18. The molecule has 1 saturated heterocycles. The average molecular weight is 250 g/mol. The number of rotatable bonds is 5. The third-order valence-electron chi connectivity index (χ3n) is 3.73. The van der Waals surface area contributed by atoms with Crippen LogP contribution in [0.4, 0.5) is 4.39 Å². The summed E-state index contributed by atoms with van der Waals surface area (Å²) < 4.78 is 13.4. The molecule has 1 aliphatic heterocycles. The first-order chi connectivity index (χ1) is 8.71. The van der Waals surface area contributed by atoms with Crippen LogP contribution < -0.4 is 5.73 Å². The van der Waals surface area contributed by atoms with Gasteiger partial charge < -0.3 is 5.73 Å². The van der Waals surface area contributed by atoms with Crippen LogP contribution in [0.15, 0.2) is 18.2 Å². The lowest BCUT2D eigenvalue weighted by molar-refractivity contribution is 0.312. The molecule has 3 heteroatoms. The fourth-order valence-corrected chi connectivity index (χ4v) is 2.89. The maximum atomic E-state index is 13.4. The van der Waals surface area contributed by atoms with Crippen molar-refractivity contribution in [2.45, 2.75) is 39.3 Å². The van der Waals surface area contributed by atoms with Crippen molar-refractivity contribution < 1.29 is 4.39 Å². The molecule has 18 heavy (non-hydrogen) atoms.